The predicted octanol–water partition coefficient (Wildman–Crippen LogP) is 11.2. The lowest BCUT2D eigenvalue weighted by Gasteiger charge is -2.24. The van der Waals surface area contributed by atoms with Crippen LogP contribution in [0.3, 0.4) is 0 Å². The van der Waals surface area contributed by atoms with Crippen LogP contribution in [0.25, 0.3) is 21.5 Å². The summed E-state index contributed by atoms with van der Waals surface area (Å²) in [6.07, 6.45) is 13.4. The van der Waals surface area contributed by atoms with Crippen LogP contribution in [0.15, 0.2) is 48.5 Å². The predicted molar refractivity (Wildman–Crippen MR) is 183 cm³/mol. The average Bonchev–Trinajstić information content (AvgIpc) is 3.05. The second kappa shape index (κ2) is 16.1. The minimum atomic E-state index is 0.691. The highest BCUT2D eigenvalue weighted by Crippen LogP contribution is 2.47. The molecule has 0 fully saturated rings. The van der Waals surface area contributed by atoms with Gasteiger partial charge >= 0.3 is 0 Å². The minimum Gasteiger partial charge on any atom is -0.492 e. The highest BCUT2D eigenvalue weighted by Gasteiger charge is 2.26. The molecule has 44 heavy (non-hydrogen) atoms. The van der Waals surface area contributed by atoms with Crippen LogP contribution < -0.4 is 18.9 Å². The summed E-state index contributed by atoms with van der Waals surface area (Å²) in [6.45, 7) is 11.7. The topological polar surface area (TPSA) is 36.9 Å². The van der Waals surface area contributed by atoms with Gasteiger partial charge in [0.15, 0.2) is 0 Å². The summed E-state index contributed by atoms with van der Waals surface area (Å²) in [6, 6.07) is 17.2. The Morgan fingerprint density at radius 1 is 0.341 bits per heavy atom. The molecular weight excluding hydrogens is 544 g/mol. The van der Waals surface area contributed by atoms with E-state index in [0.717, 1.165) is 142 Å². The largest absolute Gasteiger partial charge is 0.492 e. The first-order valence-electron chi connectivity index (χ1n) is 17.5. The number of benzene rings is 4. The molecule has 0 spiro atoms. The third kappa shape index (κ3) is 6.65. The molecule has 4 heteroatoms. The molecule has 0 bridgehead atoms. The summed E-state index contributed by atoms with van der Waals surface area (Å²) in [7, 11) is 0. The van der Waals surface area contributed by atoms with Crippen molar-refractivity contribution in [2.75, 3.05) is 26.4 Å². The molecule has 0 atom stereocenters. The number of ether oxygens (including phenoxy) is 4. The maximum atomic E-state index is 6.75. The molecule has 1 aliphatic carbocycles. The first kappa shape index (κ1) is 32.0. The zero-order valence-electron chi connectivity index (χ0n) is 27.6. The Kier molecular flexibility index (Phi) is 11.7. The van der Waals surface area contributed by atoms with Crippen LogP contribution in [-0.4, -0.2) is 26.4 Å². The van der Waals surface area contributed by atoms with Crippen LogP contribution in [0.1, 0.15) is 105 Å². The average molecular weight is 597 g/mol. The van der Waals surface area contributed by atoms with E-state index in [1.165, 1.54) is 0 Å². The van der Waals surface area contributed by atoms with Crippen LogP contribution in [0.4, 0.5) is 0 Å². The van der Waals surface area contributed by atoms with Crippen LogP contribution in [0.5, 0.6) is 23.0 Å². The fraction of sp³-hybridized carbons (Fsp3) is 0.500. The molecule has 0 heterocycles. The van der Waals surface area contributed by atoms with Crippen LogP contribution in [-0.2, 0) is 0 Å². The summed E-state index contributed by atoms with van der Waals surface area (Å²) in [5.41, 5.74) is 0. The summed E-state index contributed by atoms with van der Waals surface area (Å²) < 4.78 is 27.0. The van der Waals surface area contributed by atoms with Crippen molar-refractivity contribution in [3.63, 3.8) is 0 Å². The van der Waals surface area contributed by atoms with Gasteiger partial charge in [0.25, 0.3) is 0 Å². The number of unbranched alkanes of at least 4 members (excludes halogenated alkanes) is 8. The quantitative estimate of drug-likeness (QED) is 0.0838. The van der Waals surface area contributed by atoms with Crippen LogP contribution in [0.2, 0.25) is 0 Å². The van der Waals surface area contributed by atoms with Gasteiger partial charge in [0.2, 0.25) is 0 Å². The summed E-state index contributed by atoms with van der Waals surface area (Å²) >= 11 is 0. The fourth-order valence-electron chi connectivity index (χ4n) is 6.35. The Morgan fingerprint density at radius 2 is 0.568 bits per heavy atom. The lowest BCUT2D eigenvalue weighted by molar-refractivity contribution is 0.291. The minimum absolute atomic E-state index is 0.691. The highest BCUT2D eigenvalue weighted by atomic mass is 16.5. The number of hydrogen-bond acceptors (Lipinski definition) is 4. The van der Waals surface area contributed by atoms with E-state index in [-0.39, 0.29) is 0 Å². The van der Waals surface area contributed by atoms with Crippen LogP contribution in [0, 0.1) is 20.9 Å². The van der Waals surface area contributed by atoms with Crippen LogP contribution >= 0.6 is 0 Å². The number of fused-ring (bicyclic) bond motifs is 4. The third-order valence-corrected chi connectivity index (χ3v) is 8.72. The molecule has 0 saturated heterocycles. The maximum Gasteiger partial charge on any atom is 0.136 e. The highest BCUT2D eigenvalue weighted by molar-refractivity contribution is 5.98. The van der Waals surface area contributed by atoms with Gasteiger partial charge in [0.1, 0.15) is 23.0 Å². The van der Waals surface area contributed by atoms with Crippen molar-refractivity contribution in [3.05, 3.63) is 69.4 Å². The van der Waals surface area contributed by atoms with Gasteiger partial charge in [-0.2, -0.15) is 0 Å². The van der Waals surface area contributed by atoms with E-state index in [2.05, 4.69) is 76.2 Å². The van der Waals surface area contributed by atoms with E-state index in [0.29, 0.717) is 26.4 Å². The summed E-state index contributed by atoms with van der Waals surface area (Å²) in [5, 5.41) is 8.91. The number of rotatable bonds is 20. The molecule has 5 rings (SSSR count). The van der Waals surface area contributed by atoms with E-state index >= 15 is 0 Å². The van der Waals surface area contributed by atoms with Gasteiger partial charge in [-0.1, -0.05) is 128 Å². The van der Waals surface area contributed by atoms with Gasteiger partial charge in [-0.3, -0.25) is 0 Å². The van der Waals surface area contributed by atoms with Crippen molar-refractivity contribution in [3.8, 4) is 23.0 Å². The molecule has 0 unspecified atom stereocenters. The molecular formula is C40H52O4. The lowest BCUT2D eigenvalue weighted by Crippen LogP contribution is -2.10. The van der Waals surface area contributed by atoms with Gasteiger partial charge in [-0.25, -0.2) is 0 Å². The van der Waals surface area contributed by atoms with Gasteiger partial charge in [-0.15, -0.1) is 0 Å². The lowest BCUT2D eigenvalue weighted by atomic mass is 9.91. The van der Waals surface area contributed by atoms with E-state index in [9.17, 15) is 0 Å². The molecule has 4 nitrogen and oxygen atoms in total. The van der Waals surface area contributed by atoms with E-state index < -0.39 is 0 Å². The van der Waals surface area contributed by atoms with Crippen molar-refractivity contribution < 1.29 is 18.9 Å². The Labute approximate surface area is 263 Å². The zero-order valence-corrected chi connectivity index (χ0v) is 27.6. The van der Waals surface area contributed by atoms with Crippen molar-refractivity contribution in [2.24, 2.45) is 0 Å². The van der Waals surface area contributed by atoms with Gasteiger partial charge < -0.3 is 18.9 Å². The Balaban J connectivity index is 1.84. The second-order valence-electron chi connectivity index (χ2n) is 12.1. The van der Waals surface area contributed by atoms with E-state index in [4.69, 9.17) is 18.9 Å². The van der Waals surface area contributed by atoms with E-state index in [1.54, 1.807) is 0 Å². The standard InChI is InChI=1S/C40H52O4/c1-5-9-17-25-41-37-29-21-13-14-22-30(29)38(42-26-18-10-6-2)34-33(37)35-36(34)40(44-28-20-12-8-4)32-24-16-15-23-31(32)39(35)43-27-19-11-7-3/h13-16,21-24H,5-12,17-20,25-28H2,1-4H3. The molecule has 236 valence electrons. The molecule has 1 aliphatic rings. The van der Waals surface area contributed by atoms with Crippen molar-refractivity contribution in [2.45, 2.75) is 105 Å². The monoisotopic (exact) mass is 596 g/mol. The molecule has 0 aromatic heterocycles. The number of hydrogen-bond donors (Lipinski definition) is 0. The van der Waals surface area contributed by atoms with E-state index in [1.807, 2.05) is 0 Å². The molecule has 4 aromatic rings. The second-order valence-corrected chi connectivity index (χ2v) is 12.1. The first-order chi connectivity index (χ1) is 21.8. The SMILES string of the molecule is CCCCCOc1c2c(c(OCCCCC)c3ccccc13)=c1c(OCCCCC)c3ccccc3c(OCCCCC)c1=2. The van der Waals surface area contributed by atoms with Crippen molar-refractivity contribution >= 4 is 21.5 Å². The zero-order chi connectivity index (χ0) is 30.7. The fourth-order valence-corrected chi connectivity index (χ4v) is 6.35. The normalized spacial score (nSPS) is 11.7. The maximum absolute atomic E-state index is 6.75. The summed E-state index contributed by atoms with van der Waals surface area (Å²) in [4.78, 5) is 0. The third-order valence-electron chi connectivity index (χ3n) is 8.72. The van der Waals surface area contributed by atoms with Crippen molar-refractivity contribution in [1.29, 1.82) is 0 Å². The molecule has 4 aromatic carbocycles. The Bertz CT molecular complexity index is 1450. The molecule has 0 aliphatic heterocycles. The smallest absolute Gasteiger partial charge is 0.136 e. The molecule has 0 amide bonds. The van der Waals surface area contributed by atoms with Gasteiger partial charge in [0.05, 0.1) is 26.4 Å². The Hall–Kier alpha value is -3.40. The Morgan fingerprint density at radius 3 is 0.773 bits per heavy atom. The van der Waals surface area contributed by atoms with Gasteiger partial charge in [-0.05, 0) is 25.7 Å². The molecule has 0 saturated carbocycles. The van der Waals surface area contributed by atoms with Gasteiger partial charge in [0, 0.05) is 42.4 Å². The molecule has 0 N–H and O–H groups in total. The first-order valence-corrected chi connectivity index (χ1v) is 17.5. The van der Waals surface area contributed by atoms with Crippen molar-refractivity contribution in [1.82, 2.24) is 0 Å². The summed E-state index contributed by atoms with van der Waals surface area (Å²) in [5.74, 6) is 3.80. The molecule has 0 radical (unpaired) electrons.